The second-order valence-corrected chi connectivity index (χ2v) is 18.3. The Kier molecular flexibility index (Phi) is 15.3. The number of hydrogen-bond acceptors (Lipinski definition) is 10. The fraction of sp³-hybridized carbons (Fsp3) is 0.419. The van der Waals surface area contributed by atoms with E-state index in [9.17, 15) is 25.2 Å². The molecule has 0 aromatic heterocycles. The molecule has 12 heteroatoms. The molecule has 4 rings (SSSR count). The van der Waals surface area contributed by atoms with Gasteiger partial charge in [-0.1, -0.05) is 18.2 Å². The second-order valence-electron chi connectivity index (χ2n) is 14.4. The number of ether oxygens (including phenoxy) is 3. The van der Waals surface area contributed by atoms with Crippen molar-refractivity contribution in [2.75, 3.05) is 40.1 Å². The summed E-state index contributed by atoms with van der Waals surface area (Å²) in [5.41, 5.74) is 1.08. The van der Waals surface area contributed by atoms with Crippen molar-refractivity contribution in [2.45, 2.75) is 76.7 Å². The first kappa shape index (κ1) is 43.3. The van der Waals surface area contributed by atoms with Crippen molar-refractivity contribution in [3.63, 3.8) is 0 Å². The monoisotopic (exact) mass is 772 g/mol. The maximum atomic E-state index is 12.7. The third-order valence-electron chi connectivity index (χ3n) is 10.2. The molecule has 55 heavy (non-hydrogen) atoms. The number of para-hydroxylation sites is 1. The molecule has 0 fully saturated rings. The van der Waals surface area contributed by atoms with Gasteiger partial charge in [-0.2, -0.15) is 0 Å². The fourth-order valence-corrected chi connectivity index (χ4v) is 12.8. The molecule has 0 aliphatic carbocycles. The van der Waals surface area contributed by atoms with Crippen LogP contribution in [0.5, 0.6) is 11.5 Å². The van der Waals surface area contributed by atoms with Gasteiger partial charge in [0.25, 0.3) is 0 Å². The van der Waals surface area contributed by atoms with Gasteiger partial charge in [0, 0.05) is 0 Å². The average molecular weight is 773 g/mol. The fourth-order valence-electron chi connectivity index (χ4n) is 7.96. The molecule has 1 atom stereocenters. The number of hydrogen-bond donors (Lipinski definition) is 3. The summed E-state index contributed by atoms with van der Waals surface area (Å²) >= 11 is 0. The van der Waals surface area contributed by atoms with Gasteiger partial charge in [0.05, 0.1) is 14.2 Å². The number of nitriles is 1. The van der Waals surface area contributed by atoms with E-state index in [0.29, 0.717) is 19.7 Å². The molecular formula is C43H57N4O7P. The van der Waals surface area contributed by atoms with Crippen LogP contribution in [0.4, 0.5) is 5.69 Å². The maximum absolute atomic E-state index is 12.7. The van der Waals surface area contributed by atoms with E-state index in [1.165, 1.54) is 6.07 Å². The number of unbranched alkanes of at least 4 members (excludes halogenated alkanes) is 1. The molecule has 0 radical (unpaired) electrons. The Morgan fingerprint density at radius 3 is 1.84 bits per heavy atom. The van der Waals surface area contributed by atoms with Crippen molar-refractivity contribution in [1.29, 1.82) is 5.26 Å². The summed E-state index contributed by atoms with van der Waals surface area (Å²) in [5.74, 6) is 1.49. The zero-order valence-electron chi connectivity index (χ0n) is 32.9. The number of nitro benzene ring substituents is 1. The summed E-state index contributed by atoms with van der Waals surface area (Å²) < 4.78 is 19.6. The first-order valence-corrected chi connectivity index (χ1v) is 21.3. The Hall–Kier alpha value is -4.40. The Bertz CT molecular complexity index is 1790. The van der Waals surface area contributed by atoms with Crippen LogP contribution < -0.4 is 14.8 Å². The van der Waals surface area contributed by atoms with E-state index in [4.69, 9.17) is 14.2 Å². The van der Waals surface area contributed by atoms with Crippen molar-refractivity contribution in [3.8, 4) is 17.6 Å². The number of benzene rings is 4. The molecular weight excluding hydrogens is 715 g/mol. The summed E-state index contributed by atoms with van der Waals surface area (Å²) in [5, 5.41) is 25.3. The minimum absolute atomic E-state index is 0.0944. The Balaban J connectivity index is 1.55. The van der Waals surface area contributed by atoms with E-state index in [-0.39, 0.29) is 42.3 Å². The molecule has 0 spiro atoms. The van der Waals surface area contributed by atoms with E-state index >= 15 is 0 Å². The van der Waals surface area contributed by atoms with Gasteiger partial charge in [0.2, 0.25) is 0 Å². The quantitative estimate of drug-likeness (QED) is 0.0233. The average Bonchev–Trinajstić information content (AvgIpc) is 3.18. The van der Waals surface area contributed by atoms with Crippen molar-refractivity contribution in [2.24, 2.45) is 0 Å². The Morgan fingerprint density at radius 1 is 0.800 bits per heavy atom. The van der Waals surface area contributed by atoms with Gasteiger partial charge >= 0.3 is 249 Å². The molecule has 3 N–H and O–H groups in total. The van der Waals surface area contributed by atoms with Crippen LogP contribution in [0, 0.1) is 21.4 Å². The topological polar surface area (TPSA) is 150 Å². The number of nitro groups is 1. The predicted molar refractivity (Wildman–Crippen MR) is 219 cm³/mol. The number of nitrogens with one attached hydrogen (secondary N) is 1. The number of methoxy groups -OCH3 is 2. The van der Waals surface area contributed by atoms with Crippen molar-refractivity contribution in [1.82, 2.24) is 9.99 Å². The van der Waals surface area contributed by atoms with Gasteiger partial charge in [-0.15, -0.1) is 0 Å². The number of rotatable bonds is 22. The summed E-state index contributed by atoms with van der Waals surface area (Å²) in [6.45, 7) is 8.95. The van der Waals surface area contributed by atoms with Crippen LogP contribution in [0.2, 0.25) is 0 Å². The molecule has 0 aliphatic heterocycles. The number of nitrogens with zero attached hydrogens (tertiary/aromatic N) is 3. The molecule has 0 bridgehead atoms. The summed E-state index contributed by atoms with van der Waals surface area (Å²) in [4.78, 5) is 37.2. The third-order valence-corrected chi connectivity index (χ3v) is 15.0. The van der Waals surface area contributed by atoms with Crippen LogP contribution in [0.25, 0.3) is 0 Å². The third kappa shape index (κ3) is 9.89. The van der Waals surface area contributed by atoms with Crippen LogP contribution in [0.1, 0.15) is 81.3 Å². The molecule has 4 aromatic rings. The summed E-state index contributed by atoms with van der Waals surface area (Å²) in [6.07, 6.45) is 1.42. The van der Waals surface area contributed by atoms with Crippen molar-refractivity contribution >= 4 is 12.9 Å². The van der Waals surface area contributed by atoms with E-state index in [1.807, 2.05) is 94.4 Å². The van der Waals surface area contributed by atoms with Gasteiger partial charge in [0.1, 0.15) is 11.5 Å². The molecule has 11 nitrogen and oxygen atoms in total. The van der Waals surface area contributed by atoms with Crippen molar-refractivity contribution < 1.29 is 28.9 Å². The molecule has 0 saturated heterocycles. The van der Waals surface area contributed by atoms with E-state index < -0.39 is 23.4 Å². The van der Waals surface area contributed by atoms with Crippen LogP contribution in [0.15, 0.2) is 103 Å². The summed E-state index contributed by atoms with van der Waals surface area (Å²) in [6, 6.07) is 33.8. The molecule has 0 amide bonds. The Labute approximate surface area is 326 Å². The van der Waals surface area contributed by atoms with E-state index in [2.05, 4.69) is 23.5 Å². The first-order chi connectivity index (χ1) is 26.3. The molecule has 0 saturated carbocycles. The smallest absolute Gasteiger partial charge is 0.497 e. The zero-order chi connectivity index (χ0) is 40.1. The first-order valence-electron chi connectivity index (χ1n) is 18.9. The van der Waals surface area contributed by atoms with Gasteiger partial charge in [-0.05, 0) is 24.3 Å². The van der Waals surface area contributed by atoms with Crippen LogP contribution in [0.3, 0.4) is 0 Å². The molecule has 0 heterocycles. The minimum Gasteiger partial charge on any atom is -0.497 e. The van der Waals surface area contributed by atoms with Gasteiger partial charge < -0.3 is 9.47 Å². The van der Waals surface area contributed by atoms with Gasteiger partial charge in [-0.25, -0.2) is 0 Å². The standard InChI is InChI=1S/C43H57N4O7P/c1-33(2)46(34(3)4)55(50,51,32-14-28-44)42(40-17-10-11-18-41(40)47(48)49)27-30-45-29-12-13-31-54-43(35-15-8-7-9-16-35,36-19-23-38(52-5)24-20-36)37-21-25-39(53-6)26-22-37/h7-11,15-26,33-34,42,45,50-51H,12-14,27,29-32H2,1-6H3. The molecule has 1 unspecified atom stereocenters. The zero-order valence-corrected chi connectivity index (χ0v) is 33.8. The van der Waals surface area contributed by atoms with Crippen LogP contribution in [-0.4, -0.2) is 71.5 Å². The van der Waals surface area contributed by atoms with Crippen LogP contribution >= 0.6 is 7.21 Å². The van der Waals surface area contributed by atoms with Crippen molar-refractivity contribution in [3.05, 3.63) is 135 Å². The Morgan fingerprint density at radius 2 is 1.33 bits per heavy atom. The van der Waals surface area contributed by atoms with E-state index in [0.717, 1.165) is 41.0 Å². The predicted octanol–water partition coefficient (Wildman–Crippen LogP) is 8.74. The minimum atomic E-state index is -4.97. The molecule has 0 aliphatic rings. The molecule has 296 valence electrons. The normalized spacial score (nSPS) is 13.3. The summed E-state index contributed by atoms with van der Waals surface area (Å²) in [7, 11) is -1.69. The molecule has 4 aromatic carbocycles. The van der Waals surface area contributed by atoms with Crippen LogP contribution in [-0.2, 0) is 10.3 Å². The van der Waals surface area contributed by atoms with Gasteiger partial charge in [-0.3, -0.25) is 0 Å². The SMILES string of the molecule is COc1ccc(C(OCCCCNCCC(c2ccccc2[N+](=O)[O-])P(O)(O)(CCC#N)N(C(C)C)C(C)C)(c2ccccc2)c2ccc(OC)cc2)cc1. The van der Waals surface area contributed by atoms with E-state index in [1.54, 1.807) is 37.1 Å². The second kappa shape index (κ2) is 19.5. The van der Waals surface area contributed by atoms with Gasteiger partial charge in [0.15, 0.2) is 0 Å².